The lowest BCUT2D eigenvalue weighted by molar-refractivity contribution is -0.205. The molecule has 3 N–H and O–H groups in total. The van der Waals surface area contributed by atoms with Gasteiger partial charge in [-0.15, -0.1) is 6.42 Å². The number of aliphatic hydroxyl groups is 2. The third kappa shape index (κ3) is 3.83. The first-order chi connectivity index (χ1) is 14.7. The maximum Gasteiger partial charge on any atom is 0.530 e. The smallest absolute Gasteiger partial charge is 0.404 e. The van der Waals surface area contributed by atoms with Gasteiger partial charge in [0.1, 0.15) is 30.1 Å². The Morgan fingerprint density at radius 3 is 2.87 bits per heavy atom. The van der Waals surface area contributed by atoms with Crippen LogP contribution in [-0.4, -0.2) is 44.4 Å². The summed E-state index contributed by atoms with van der Waals surface area (Å²) in [6.07, 6.45) is 0.104. The van der Waals surface area contributed by atoms with E-state index in [1.54, 1.807) is 18.2 Å². The standard InChI is InChI=1S/C18H16FN2O9P/c1-2-10-7-21(17(25)20-15(10)24)16-13(22)14(23)18(19,29-16)9-28-31(26)27-8-11-5-3-4-6-12(11)30-31/h1,3-7,13-14,16,22-23H,8-9H2,(H,20,24,25)/t13-,14+,16-,18-,31?/m1/s1. The van der Waals surface area contributed by atoms with Crippen LogP contribution in [0.2, 0.25) is 0 Å². The number of phosphoric acid groups is 1. The van der Waals surface area contributed by atoms with Gasteiger partial charge in [0, 0.05) is 11.8 Å². The Morgan fingerprint density at radius 2 is 2.13 bits per heavy atom. The van der Waals surface area contributed by atoms with Gasteiger partial charge in [-0.2, -0.15) is 0 Å². The van der Waals surface area contributed by atoms with E-state index in [0.29, 0.717) is 10.1 Å². The molecule has 0 spiro atoms. The molecule has 1 aromatic heterocycles. The maximum absolute atomic E-state index is 15.3. The van der Waals surface area contributed by atoms with Crippen molar-refractivity contribution in [3.05, 3.63) is 62.4 Å². The number of rotatable bonds is 4. The number of nitrogens with zero attached hydrogens (tertiary/aromatic N) is 1. The summed E-state index contributed by atoms with van der Waals surface area (Å²) in [7, 11) is -4.26. The molecule has 2 aromatic rings. The summed E-state index contributed by atoms with van der Waals surface area (Å²) in [5.41, 5.74) is -1.61. The molecule has 3 heterocycles. The fourth-order valence-corrected chi connectivity index (χ4v) is 4.34. The van der Waals surface area contributed by atoms with E-state index in [1.807, 2.05) is 10.9 Å². The zero-order valence-corrected chi connectivity index (χ0v) is 16.5. The number of H-pyrrole nitrogens is 1. The van der Waals surface area contributed by atoms with E-state index < -0.39 is 50.0 Å². The Balaban J connectivity index is 1.54. The first-order valence-electron chi connectivity index (χ1n) is 8.87. The predicted molar refractivity (Wildman–Crippen MR) is 101 cm³/mol. The normalized spacial score (nSPS) is 32.1. The lowest BCUT2D eigenvalue weighted by atomic mass is 10.1. The molecule has 1 saturated heterocycles. The van der Waals surface area contributed by atoms with Crippen LogP contribution in [0.1, 0.15) is 17.4 Å². The number of halogens is 1. The van der Waals surface area contributed by atoms with Crippen LogP contribution in [0, 0.1) is 12.3 Å². The van der Waals surface area contributed by atoms with Crippen molar-refractivity contribution in [3.63, 3.8) is 0 Å². The van der Waals surface area contributed by atoms with Crippen LogP contribution < -0.4 is 15.8 Å². The van der Waals surface area contributed by atoms with E-state index >= 15 is 4.39 Å². The largest absolute Gasteiger partial charge is 0.530 e. The van der Waals surface area contributed by atoms with Crippen molar-refractivity contribution in [2.45, 2.75) is 30.9 Å². The zero-order chi connectivity index (χ0) is 22.4. The molecule has 1 fully saturated rings. The van der Waals surface area contributed by atoms with Gasteiger partial charge < -0.3 is 19.5 Å². The van der Waals surface area contributed by atoms with Crippen LogP contribution in [0.4, 0.5) is 4.39 Å². The second kappa shape index (κ2) is 7.72. The van der Waals surface area contributed by atoms with Gasteiger partial charge in [0.05, 0.1) is 6.61 Å². The summed E-state index contributed by atoms with van der Waals surface area (Å²) in [5, 5.41) is 20.4. The van der Waals surface area contributed by atoms with Crippen LogP contribution in [-0.2, 0) is 25.0 Å². The van der Waals surface area contributed by atoms with Gasteiger partial charge in [0.25, 0.3) is 11.4 Å². The Bertz CT molecular complexity index is 1220. The van der Waals surface area contributed by atoms with Gasteiger partial charge in [-0.25, -0.2) is 13.8 Å². The van der Waals surface area contributed by atoms with Crippen molar-refractivity contribution in [2.24, 2.45) is 0 Å². The lowest BCUT2D eigenvalue weighted by Crippen LogP contribution is -2.43. The fraction of sp³-hybridized carbons (Fsp3) is 0.333. The number of aromatic amines is 1. The molecule has 11 nitrogen and oxygen atoms in total. The van der Waals surface area contributed by atoms with E-state index in [2.05, 4.69) is 0 Å². The second-order valence-corrected chi connectivity index (χ2v) is 8.37. The van der Waals surface area contributed by atoms with E-state index in [9.17, 15) is 24.4 Å². The third-order valence-corrected chi connectivity index (χ3v) is 6.06. The molecule has 0 saturated carbocycles. The quantitative estimate of drug-likeness (QED) is 0.434. The maximum atomic E-state index is 15.3. The van der Waals surface area contributed by atoms with E-state index in [0.717, 1.165) is 6.20 Å². The topological polar surface area (TPSA) is 149 Å². The molecule has 0 aliphatic carbocycles. The number of ether oxygens (including phenoxy) is 1. The number of hydrogen-bond acceptors (Lipinski definition) is 9. The second-order valence-electron chi connectivity index (χ2n) is 6.78. The highest BCUT2D eigenvalue weighted by Crippen LogP contribution is 2.55. The Labute approximate surface area is 173 Å². The Morgan fingerprint density at radius 1 is 1.39 bits per heavy atom. The molecule has 1 unspecified atom stereocenters. The van der Waals surface area contributed by atoms with Gasteiger partial charge in [-0.3, -0.25) is 23.4 Å². The van der Waals surface area contributed by atoms with E-state index in [-0.39, 0.29) is 17.9 Å². The SMILES string of the molecule is C#Cc1cn([C@@H]2O[C@](F)(COP3(=O)OCc4ccccc4O3)[C@@H](O)[C@H]2O)c(=O)[nH]c1=O. The minimum atomic E-state index is -4.26. The number of benzene rings is 1. The molecule has 5 atom stereocenters. The van der Waals surface area contributed by atoms with Gasteiger partial charge in [0.2, 0.25) is 0 Å². The predicted octanol–water partition coefficient (Wildman–Crippen LogP) is 0.168. The third-order valence-electron chi connectivity index (χ3n) is 4.75. The molecule has 31 heavy (non-hydrogen) atoms. The Kier molecular flexibility index (Phi) is 5.35. The number of aromatic nitrogens is 2. The average molecular weight is 454 g/mol. The summed E-state index contributed by atoms with van der Waals surface area (Å²) < 4.78 is 48.8. The van der Waals surface area contributed by atoms with Crippen molar-refractivity contribution in [1.82, 2.24) is 9.55 Å². The summed E-state index contributed by atoms with van der Waals surface area (Å²) in [6.45, 7) is -1.29. The van der Waals surface area contributed by atoms with Crippen LogP contribution >= 0.6 is 7.82 Å². The van der Waals surface area contributed by atoms with Crippen molar-refractivity contribution in [1.29, 1.82) is 0 Å². The summed E-state index contributed by atoms with van der Waals surface area (Å²) in [5.74, 6) is -0.857. The summed E-state index contributed by atoms with van der Waals surface area (Å²) in [4.78, 5) is 25.5. The molecule has 4 rings (SSSR count). The highest BCUT2D eigenvalue weighted by Gasteiger charge is 2.57. The van der Waals surface area contributed by atoms with Crippen LogP contribution in [0.5, 0.6) is 5.75 Å². The number of aliphatic hydroxyl groups excluding tert-OH is 2. The Hall–Kier alpha value is -2.78. The molecule has 0 bridgehead atoms. The van der Waals surface area contributed by atoms with Gasteiger partial charge in [0.15, 0.2) is 6.23 Å². The summed E-state index contributed by atoms with van der Waals surface area (Å²) >= 11 is 0. The highest BCUT2D eigenvalue weighted by molar-refractivity contribution is 7.49. The molecule has 164 valence electrons. The number of para-hydroxylation sites is 1. The lowest BCUT2D eigenvalue weighted by Gasteiger charge is -2.28. The highest BCUT2D eigenvalue weighted by atomic mass is 31.2. The van der Waals surface area contributed by atoms with Crippen molar-refractivity contribution < 1.29 is 37.5 Å². The molecule has 1 aromatic carbocycles. The number of nitrogens with one attached hydrogen (secondary N) is 1. The molecule has 2 aliphatic heterocycles. The minimum Gasteiger partial charge on any atom is -0.404 e. The molecule has 0 radical (unpaired) electrons. The van der Waals surface area contributed by atoms with Gasteiger partial charge >= 0.3 is 13.5 Å². The zero-order valence-electron chi connectivity index (χ0n) is 15.6. The fourth-order valence-electron chi connectivity index (χ4n) is 3.11. The van der Waals surface area contributed by atoms with E-state index in [1.165, 1.54) is 6.07 Å². The van der Waals surface area contributed by atoms with Crippen molar-refractivity contribution in [2.75, 3.05) is 6.61 Å². The monoisotopic (exact) mass is 454 g/mol. The molecule has 13 heteroatoms. The molecular formula is C18H16FN2O9P. The van der Waals surface area contributed by atoms with Crippen LogP contribution in [0.25, 0.3) is 0 Å². The summed E-state index contributed by atoms with van der Waals surface area (Å²) in [6, 6.07) is 6.54. The van der Waals surface area contributed by atoms with Crippen molar-refractivity contribution in [3.8, 4) is 18.1 Å². The average Bonchev–Trinajstić information content (AvgIpc) is 2.97. The first kappa shape index (κ1) is 21.5. The number of hydrogen-bond donors (Lipinski definition) is 3. The molecule has 2 aliphatic rings. The van der Waals surface area contributed by atoms with Crippen LogP contribution in [0.15, 0.2) is 40.1 Å². The van der Waals surface area contributed by atoms with Gasteiger partial charge in [-0.05, 0) is 6.07 Å². The van der Waals surface area contributed by atoms with E-state index in [4.69, 9.17) is 24.7 Å². The number of phosphoric ester groups is 1. The minimum absolute atomic E-state index is 0.122. The van der Waals surface area contributed by atoms with Gasteiger partial charge in [-0.1, -0.05) is 24.1 Å². The van der Waals surface area contributed by atoms with Crippen molar-refractivity contribution >= 4 is 7.82 Å². The first-order valence-corrected chi connectivity index (χ1v) is 10.3. The molecular weight excluding hydrogens is 438 g/mol. The number of terminal acetylenes is 1. The molecule has 0 amide bonds. The number of fused-ring (bicyclic) bond motifs is 1. The number of alkyl halides is 1. The van der Waals surface area contributed by atoms with Crippen LogP contribution in [0.3, 0.4) is 0 Å².